The van der Waals surface area contributed by atoms with E-state index in [0.29, 0.717) is 0 Å². The van der Waals surface area contributed by atoms with Crippen LogP contribution in [0, 0.1) is 0 Å². The predicted octanol–water partition coefficient (Wildman–Crippen LogP) is 3.95. The molecule has 0 saturated carbocycles. The Morgan fingerprint density at radius 2 is 1.12 bits per heavy atom. The van der Waals surface area contributed by atoms with Crippen molar-refractivity contribution in [3.05, 3.63) is 72.8 Å². The van der Waals surface area contributed by atoms with Crippen LogP contribution in [0.1, 0.15) is 0 Å². The van der Waals surface area contributed by atoms with E-state index < -0.39 is 16.1 Å². The first-order valence-electron chi connectivity index (χ1n) is 9.48. The average molecular weight is 369 g/mol. The minimum Gasteiger partial charge on any atom is -0.0621 e. The van der Waals surface area contributed by atoms with Crippen molar-refractivity contribution < 1.29 is 0 Å². The quantitative estimate of drug-likeness (QED) is 0.412. The van der Waals surface area contributed by atoms with Gasteiger partial charge in [0.2, 0.25) is 0 Å². The van der Waals surface area contributed by atoms with Crippen molar-refractivity contribution in [2.24, 2.45) is 0 Å². The summed E-state index contributed by atoms with van der Waals surface area (Å²) in [5.41, 5.74) is 0. The van der Waals surface area contributed by atoms with Gasteiger partial charge in [-0.2, -0.15) is 0 Å². The van der Waals surface area contributed by atoms with Crippen LogP contribution in [0.3, 0.4) is 0 Å². The molecule has 4 aromatic carbocycles. The Morgan fingerprint density at radius 1 is 0.500 bits per heavy atom. The van der Waals surface area contributed by atoms with Crippen molar-refractivity contribution >= 4 is 58.4 Å². The normalized spacial score (nSPS) is 17.1. The molecular formula is C24H24Si2. The molecule has 1 aliphatic rings. The fourth-order valence-electron chi connectivity index (χ4n) is 5.13. The molecule has 128 valence electrons. The van der Waals surface area contributed by atoms with E-state index in [9.17, 15) is 0 Å². The maximum Gasteiger partial charge on any atom is 0.113 e. The SMILES string of the molecule is C[Si]1(C)c2ccc3ccccc3c2[Si](C)(C)c2cccc3cccc1c23. The van der Waals surface area contributed by atoms with Crippen LogP contribution in [-0.2, 0) is 0 Å². The Hall–Kier alpha value is -2.17. The van der Waals surface area contributed by atoms with Crippen molar-refractivity contribution in [3.8, 4) is 0 Å². The lowest BCUT2D eigenvalue weighted by Gasteiger charge is -2.30. The molecule has 4 aromatic rings. The zero-order valence-electron chi connectivity index (χ0n) is 15.9. The molecule has 0 nitrogen and oxygen atoms in total. The van der Waals surface area contributed by atoms with Crippen LogP contribution >= 0.6 is 0 Å². The first-order chi connectivity index (χ1) is 12.4. The van der Waals surface area contributed by atoms with Gasteiger partial charge in [0.05, 0.1) is 0 Å². The molecule has 0 fully saturated rings. The van der Waals surface area contributed by atoms with E-state index in [1.54, 1.807) is 26.1 Å². The highest BCUT2D eigenvalue weighted by Gasteiger charge is 2.41. The van der Waals surface area contributed by atoms with E-state index in [0.717, 1.165) is 0 Å². The van der Waals surface area contributed by atoms with Gasteiger partial charge in [0, 0.05) is 0 Å². The van der Waals surface area contributed by atoms with Crippen molar-refractivity contribution in [2.45, 2.75) is 26.2 Å². The summed E-state index contributed by atoms with van der Waals surface area (Å²) < 4.78 is 0. The topological polar surface area (TPSA) is 0 Å². The van der Waals surface area contributed by atoms with Gasteiger partial charge in [-0.3, -0.25) is 0 Å². The number of hydrogen-bond acceptors (Lipinski definition) is 0. The molecule has 0 atom stereocenters. The molecule has 0 spiro atoms. The minimum atomic E-state index is -1.83. The van der Waals surface area contributed by atoms with Gasteiger partial charge in [-0.05, 0) is 37.1 Å². The predicted molar refractivity (Wildman–Crippen MR) is 121 cm³/mol. The summed E-state index contributed by atoms with van der Waals surface area (Å²) in [5.74, 6) is 0. The molecule has 26 heavy (non-hydrogen) atoms. The molecule has 0 N–H and O–H groups in total. The minimum absolute atomic E-state index is 1.38. The summed E-state index contributed by atoms with van der Waals surface area (Å²) >= 11 is 0. The van der Waals surface area contributed by atoms with Gasteiger partial charge in [-0.25, -0.2) is 0 Å². The largest absolute Gasteiger partial charge is 0.113 e. The Balaban J connectivity index is 2.07. The number of hydrogen-bond donors (Lipinski definition) is 0. The second kappa shape index (κ2) is 5.18. The monoisotopic (exact) mass is 368 g/mol. The Labute approximate surface area is 157 Å². The molecule has 0 aromatic heterocycles. The van der Waals surface area contributed by atoms with Crippen LogP contribution in [0.15, 0.2) is 72.8 Å². The summed E-state index contributed by atoms with van der Waals surface area (Å²) in [4.78, 5) is 0. The van der Waals surface area contributed by atoms with Crippen LogP contribution < -0.4 is 20.7 Å². The van der Waals surface area contributed by atoms with Crippen LogP contribution in [0.25, 0.3) is 21.5 Å². The van der Waals surface area contributed by atoms with Crippen molar-refractivity contribution in [1.29, 1.82) is 0 Å². The Bertz CT molecular complexity index is 1180. The van der Waals surface area contributed by atoms with Gasteiger partial charge in [0.15, 0.2) is 0 Å². The zero-order chi connectivity index (χ0) is 18.1. The number of fused-ring (bicyclic) bond motifs is 3. The molecule has 0 radical (unpaired) electrons. The lowest BCUT2D eigenvalue weighted by molar-refractivity contribution is 1.74. The third-order valence-corrected chi connectivity index (χ3v) is 13.8. The molecule has 1 heterocycles. The highest BCUT2D eigenvalue weighted by atomic mass is 28.3. The molecule has 0 saturated heterocycles. The van der Waals surface area contributed by atoms with Gasteiger partial charge in [0.25, 0.3) is 0 Å². The van der Waals surface area contributed by atoms with Gasteiger partial charge in [0.1, 0.15) is 16.1 Å². The summed E-state index contributed by atoms with van der Waals surface area (Å²) in [6, 6.07) is 27.8. The average Bonchev–Trinajstić information content (AvgIpc) is 2.70. The Kier molecular flexibility index (Phi) is 3.20. The second-order valence-corrected chi connectivity index (χ2v) is 17.3. The van der Waals surface area contributed by atoms with Gasteiger partial charge in [-0.1, -0.05) is 104 Å². The van der Waals surface area contributed by atoms with Crippen molar-refractivity contribution in [2.75, 3.05) is 0 Å². The lowest BCUT2D eigenvalue weighted by atomic mass is 10.1. The summed E-state index contributed by atoms with van der Waals surface area (Å²) in [6.07, 6.45) is 0. The molecular weight excluding hydrogens is 344 g/mol. The van der Waals surface area contributed by atoms with Crippen LogP contribution in [0.5, 0.6) is 0 Å². The number of rotatable bonds is 0. The molecule has 2 heteroatoms. The molecule has 0 bridgehead atoms. The van der Waals surface area contributed by atoms with Gasteiger partial charge in [-0.15, -0.1) is 0 Å². The van der Waals surface area contributed by atoms with E-state index in [-0.39, 0.29) is 0 Å². The fraction of sp³-hybridized carbons (Fsp3) is 0.167. The summed E-state index contributed by atoms with van der Waals surface area (Å²) in [6.45, 7) is 10.2. The third-order valence-electron chi connectivity index (χ3n) is 6.48. The summed E-state index contributed by atoms with van der Waals surface area (Å²) in [5, 5.41) is 12.4. The second-order valence-electron chi connectivity index (χ2n) is 8.67. The number of benzene rings is 4. The first kappa shape index (κ1) is 16.0. The van der Waals surface area contributed by atoms with E-state index >= 15 is 0 Å². The third kappa shape index (κ3) is 1.94. The zero-order valence-corrected chi connectivity index (χ0v) is 17.9. The van der Waals surface area contributed by atoms with Crippen LogP contribution in [0.2, 0.25) is 26.2 Å². The van der Waals surface area contributed by atoms with Crippen molar-refractivity contribution in [3.63, 3.8) is 0 Å². The van der Waals surface area contributed by atoms with E-state index in [1.807, 2.05) is 0 Å². The Morgan fingerprint density at radius 3 is 1.85 bits per heavy atom. The highest BCUT2D eigenvalue weighted by molar-refractivity contribution is 7.13. The fourth-order valence-corrected chi connectivity index (χ4v) is 13.4. The standard InChI is InChI=1S/C24H24Si2/c1-25(2)20-13-7-10-18-11-8-14-21(23(18)20)26(3,4)24-19-12-6-5-9-17(19)15-16-22(24)25/h5-16H,1-4H3. The molecule has 5 rings (SSSR count). The van der Waals surface area contributed by atoms with E-state index in [1.165, 1.54) is 16.2 Å². The first-order valence-corrected chi connectivity index (χ1v) is 15.5. The van der Waals surface area contributed by atoms with E-state index in [2.05, 4.69) is 99.0 Å². The van der Waals surface area contributed by atoms with Gasteiger partial charge < -0.3 is 0 Å². The molecule has 0 aliphatic carbocycles. The van der Waals surface area contributed by atoms with Crippen LogP contribution in [-0.4, -0.2) is 16.1 Å². The molecule has 0 unspecified atom stereocenters. The highest BCUT2D eigenvalue weighted by Crippen LogP contribution is 2.24. The molecule has 1 aliphatic heterocycles. The maximum atomic E-state index is 2.56. The van der Waals surface area contributed by atoms with Gasteiger partial charge >= 0.3 is 0 Å². The molecule has 0 amide bonds. The lowest BCUT2D eigenvalue weighted by Crippen LogP contribution is -2.63. The smallest absolute Gasteiger partial charge is 0.0621 e. The van der Waals surface area contributed by atoms with Crippen LogP contribution in [0.4, 0.5) is 0 Å². The maximum absolute atomic E-state index is 2.56. The van der Waals surface area contributed by atoms with E-state index in [4.69, 9.17) is 0 Å². The van der Waals surface area contributed by atoms with Crippen molar-refractivity contribution in [1.82, 2.24) is 0 Å². The summed E-state index contributed by atoms with van der Waals surface area (Å²) in [7, 11) is -3.61.